The number of carbonyl (C=O) groups excluding carboxylic acids is 2. The Labute approximate surface area is 134 Å². The van der Waals surface area contributed by atoms with Crippen LogP contribution in [0.2, 0.25) is 5.02 Å². The number of rotatable bonds is 4. The zero-order chi connectivity index (χ0) is 15.5. The molecular weight excluding hydrogens is 304 g/mol. The maximum atomic E-state index is 11.9. The predicted octanol–water partition coefficient (Wildman–Crippen LogP) is 0.964. The number of halogens is 1. The largest absolute Gasteiger partial charge is 0.371 e. The van der Waals surface area contributed by atoms with Crippen molar-refractivity contribution < 1.29 is 9.59 Å². The highest BCUT2D eigenvalue weighted by molar-refractivity contribution is 6.30. The van der Waals surface area contributed by atoms with Crippen molar-refractivity contribution in [1.82, 2.24) is 16.0 Å². The Balaban J connectivity index is 1.46. The molecule has 2 heterocycles. The van der Waals surface area contributed by atoms with Gasteiger partial charge in [-0.3, -0.25) is 4.79 Å². The highest BCUT2D eigenvalue weighted by Gasteiger charge is 2.28. The second kappa shape index (κ2) is 6.44. The highest BCUT2D eigenvalue weighted by atomic mass is 35.5. The van der Waals surface area contributed by atoms with Crippen molar-refractivity contribution in [3.8, 4) is 0 Å². The molecular formula is C15H19ClN4O2. The maximum absolute atomic E-state index is 11.9. The summed E-state index contributed by atoms with van der Waals surface area (Å²) in [5.41, 5.74) is 1.16. The van der Waals surface area contributed by atoms with Gasteiger partial charge in [0.25, 0.3) is 0 Å². The second-order valence-corrected chi connectivity index (χ2v) is 6.17. The summed E-state index contributed by atoms with van der Waals surface area (Å²) in [6, 6.07) is 7.08. The van der Waals surface area contributed by atoms with Crippen molar-refractivity contribution in [3.05, 3.63) is 29.3 Å². The van der Waals surface area contributed by atoms with Crippen molar-refractivity contribution in [2.45, 2.75) is 12.5 Å². The molecule has 0 unspecified atom stereocenters. The number of urea groups is 1. The van der Waals surface area contributed by atoms with Crippen molar-refractivity contribution in [1.29, 1.82) is 0 Å². The molecule has 0 aliphatic carbocycles. The van der Waals surface area contributed by atoms with E-state index in [2.05, 4.69) is 20.9 Å². The van der Waals surface area contributed by atoms with Crippen molar-refractivity contribution in [2.75, 3.05) is 31.1 Å². The minimum Gasteiger partial charge on any atom is -0.371 e. The summed E-state index contributed by atoms with van der Waals surface area (Å²) in [5.74, 6) is 0.299. The van der Waals surface area contributed by atoms with E-state index in [1.54, 1.807) is 0 Å². The maximum Gasteiger partial charge on any atom is 0.315 e. The Morgan fingerprint density at radius 2 is 2.14 bits per heavy atom. The molecule has 0 saturated carbocycles. The van der Waals surface area contributed by atoms with Gasteiger partial charge in [0.1, 0.15) is 6.04 Å². The van der Waals surface area contributed by atoms with E-state index in [0.29, 0.717) is 19.0 Å². The van der Waals surface area contributed by atoms with E-state index in [1.165, 1.54) is 0 Å². The first kappa shape index (κ1) is 15.0. The lowest BCUT2D eigenvalue weighted by molar-refractivity contribution is -0.122. The van der Waals surface area contributed by atoms with E-state index in [4.69, 9.17) is 11.6 Å². The van der Waals surface area contributed by atoms with Crippen LogP contribution < -0.4 is 20.9 Å². The SMILES string of the molecule is O=C1NC[C@@H](C(=O)NC[C@@H]2CCN(c3ccc(Cl)cc3)C2)N1. The molecule has 0 bridgehead atoms. The van der Waals surface area contributed by atoms with Gasteiger partial charge >= 0.3 is 6.03 Å². The quantitative estimate of drug-likeness (QED) is 0.773. The molecule has 3 N–H and O–H groups in total. The molecule has 3 amide bonds. The molecule has 1 aromatic rings. The number of hydrogen-bond acceptors (Lipinski definition) is 3. The average molecular weight is 323 g/mol. The molecule has 2 aliphatic rings. The Bertz CT molecular complexity index is 563. The summed E-state index contributed by atoms with van der Waals surface area (Å²) in [4.78, 5) is 25.3. The van der Waals surface area contributed by atoms with Gasteiger partial charge in [0.2, 0.25) is 5.91 Å². The van der Waals surface area contributed by atoms with Gasteiger partial charge in [0, 0.05) is 36.9 Å². The average Bonchev–Trinajstić information content (AvgIpc) is 3.15. The Morgan fingerprint density at radius 3 is 2.82 bits per heavy atom. The van der Waals surface area contributed by atoms with Crippen LogP contribution in [0.1, 0.15) is 6.42 Å². The van der Waals surface area contributed by atoms with Crippen LogP contribution in [0.15, 0.2) is 24.3 Å². The monoisotopic (exact) mass is 322 g/mol. The fourth-order valence-electron chi connectivity index (χ4n) is 2.87. The van der Waals surface area contributed by atoms with Gasteiger partial charge in [-0.05, 0) is 36.6 Å². The lowest BCUT2D eigenvalue weighted by atomic mass is 10.1. The summed E-state index contributed by atoms with van der Waals surface area (Å²) in [7, 11) is 0. The zero-order valence-electron chi connectivity index (χ0n) is 12.1. The summed E-state index contributed by atoms with van der Waals surface area (Å²) in [6.45, 7) is 2.88. The molecule has 3 rings (SSSR count). The Morgan fingerprint density at radius 1 is 1.36 bits per heavy atom. The molecule has 0 aromatic heterocycles. The molecule has 1 aromatic carbocycles. The number of amides is 3. The van der Waals surface area contributed by atoms with Gasteiger partial charge in [-0.1, -0.05) is 11.6 Å². The summed E-state index contributed by atoms with van der Waals surface area (Å²) < 4.78 is 0. The van der Waals surface area contributed by atoms with Gasteiger partial charge in [0.05, 0.1) is 0 Å². The normalized spacial score (nSPS) is 24.0. The fourth-order valence-corrected chi connectivity index (χ4v) is 2.99. The third-order valence-electron chi connectivity index (χ3n) is 4.13. The van der Waals surface area contributed by atoms with Crippen LogP contribution in [0, 0.1) is 5.92 Å². The summed E-state index contributed by atoms with van der Waals surface area (Å²) >= 11 is 5.90. The highest BCUT2D eigenvalue weighted by Crippen LogP contribution is 2.24. The topological polar surface area (TPSA) is 73.5 Å². The minimum atomic E-state index is -0.457. The predicted molar refractivity (Wildman–Crippen MR) is 85.1 cm³/mol. The van der Waals surface area contributed by atoms with E-state index in [1.807, 2.05) is 24.3 Å². The molecule has 2 aliphatic heterocycles. The van der Waals surface area contributed by atoms with E-state index in [9.17, 15) is 9.59 Å². The molecule has 2 fully saturated rings. The first-order chi connectivity index (χ1) is 10.6. The molecule has 6 nitrogen and oxygen atoms in total. The third-order valence-corrected chi connectivity index (χ3v) is 4.38. The minimum absolute atomic E-state index is 0.122. The van der Waals surface area contributed by atoms with Gasteiger partial charge in [0.15, 0.2) is 0 Å². The summed E-state index contributed by atoms with van der Waals surface area (Å²) in [6.07, 6.45) is 1.04. The molecule has 118 valence electrons. The summed E-state index contributed by atoms with van der Waals surface area (Å²) in [5, 5.41) is 8.83. The number of carbonyl (C=O) groups is 2. The molecule has 22 heavy (non-hydrogen) atoms. The fraction of sp³-hybridized carbons (Fsp3) is 0.467. The Hall–Kier alpha value is -1.95. The number of nitrogens with one attached hydrogen (secondary N) is 3. The van der Waals surface area contributed by atoms with Crippen molar-refractivity contribution in [3.63, 3.8) is 0 Å². The molecule has 7 heteroatoms. The Kier molecular flexibility index (Phi) is 4.38. The lowest BCUT2D eigenvalue weighted by Crippen LogP contribution is -2.44. The standard InChI is InChI=1S/C15H19ClN4O2/c16-11-1-3-12(4-2-11)20-6-5-10(9-20)7-17-14(21)13-8-18-15(22)19-13/h1-4,10,13H,5-9H2,(H,17,21)(H2,18,19,22)/t10-,13-/m0/s1. The van der Waals surface area contributed by atoms with E-state index in [-0.39, 0.29) is 11.9 Å². The van der Waals surface area contributed by atoms with Crippen molar-refractivity contribution >= 4 is 29.2 Å². The van der Waals surface area contributed by atoms with Crippen LogP contribution in [0.5, 0.6) is 0 Å². The van der Waals surface area contributed by atoms with Crippen LogP contribution >= 0.6 is 11.6 Å². The second-order valence-electron chi connectivity index (χ2n) is 5.73. The van der Waals surface area contributed by atoms with E-state index >= 15 is 0 Å². The molecule has 2 saturated heterocycles. The molecule has 0 radical (unpaired) electrons. The molecule has 2 atom stereocenters. The lowest BCUT2D eigenvalue weighted by Gasteiger charge is -2.19. The number of hydrogen-bond donors (Lipinski definition) is 3. The van der Waals surface area contributed by atoms with Gasteiger partial charge < -0.3 is 20.9 Å². The van der Waals surface area contributed by atoms with Crippen LogP contribution in [0.4, 0.5) is 10.5 Å². The van der Waals surface area contributed by atoms with Gasteiger partial charge in [-0.25, -0.2) is 4.79 Å². The van der Waals surface area contributed by atoms with Crippen LogP contribution in [-0.4, -0.2) is 44.2 Å². The van der Waals surface area contributed by atoms with E-state index in [0.717, 1.165) is 30.2 Å². The van der Waals surface area contributed by atoms with Crippen molar-refractivity contribution in [2.24, 2.45) is 5.92 Å². The number of nitrogens with zero attached hydrogens (tertiary/aromatic N) is 1. The first-order valence-corrected chi connectivity index (χ1v) is 7.82. The number of benzene rings is 1. The van der Waals surface area contributed by atoms with Crippen LogP contribution in [-0.2, 0) is 4.79 Å². The molecule has 0 spiro atoms. The van der Waals surface area contributed by atoms with Crippen LogP contribution in [0.3, 0.4) is 0 Å². The number of anilines is 1. The third kappa shape index (κ3) is 3.44. The van der Waals surface area contributed by atoms with Gasteiger partial charge in [-0.15, -0.1) is 0 Å². The zero-order valence-corrected chi connectivity index (χ0v) is 12.9. The van der Waals surface area contributed by atoms with Crippen LogP contribution in [0.25, 0.3) is 0 Å². The van der Waals surface area contributed by atoms with Gasteiger partial charge in [-0.2, -0.15) is 0 Å². The van der Waals surface area contributed by atoms with E-state index < -0.39 is 6.04 Å². The smallest absolute Gasteiger partial charge is 0.315 e. The first-order valence-electron chi connectivity index (χ1n) is 7.44.